The van der Waals surface area contributed by atoms with Crippen molar-refractivity contribution in [3.8, 4) is 0 Å². The van der Waals surface area contributed by atoms with Gasteiger partial charge in [-0.1, -0.05) is 12.8 Å². The van der Waals surface area contributed by atoms with Gasteiger partial charge in [-0.3, -0.25) is 4.79 Å². The summed E-state index contributed by atoms with van der Waals surface area (Å²) >= 11 is 0. The topological polar surface area (TPSA) is 40.5 Å². The van der Waals surface area contributed by atoms with E-state index in [-0.39, 0.29) is 0 Å². The molecule has 0 unspecified atom stereocenters. The first-order chi connectivity index (χ1) is 7.74. The molecule has 0 aromatic rings. The van der Waals surface area contributed by atoms with Gasteiger partial charge in [0.15, 0.2) is 0 Å². The monoisotopic (exact) mass is 225 g/mol. The largest absolute Gasteiger partial charge is 0.481 e. The first kappa shape index (κ1) is 11.9. The van der Waals surface area contributed by atoms with E-state index >= 15 is 0 Å². The SMILES string of the molecule is O=C(O)CCC1CCN(CCC2CC2)CC1. The number of carboxylic acids is 1. The maximum absolute atomic E-state index is 10.5. The molecule has 0 atom stereocenters. The summed E-state index contributed by atoms with van der Waals surface area (Å²) in [5.74, 6) is 1.05. The highest BCUT2D eigenvalue weighted by Crippen LogP contribution is 2.33. The van der Waals surface area contributed by atoms with Crippen molar-refractivity contribution >= 4 is 5.97 Å². The fourth-order valence-electron chi connectivity index (χ4n) is 2.60. The van der Waals surface area contributed by atoms with Gasteiger partial charge in [-0.15, -0.1) is 0 Å². The number of nitrogens with zero attached hydrogens (tertiary/aromatic N) is 1. The highest BCUT2D eigenvalue weighted by Gasteiger charge is 2.24. The zero-order valence-electron chi connectivity index (χ0n) is 10.0. The molecule has 2 fully saturated rings. The molecule has 2 aliphatic rings. The van der Waals surface area contributed by atoms with E-state index in [1.54, 1.807) is 0 Å². The second kappa shape index (κ2) is 5.67. The van der Waals surface area contributed by atoms with Gasteiger partial charge in [-0.2, -0.15) is 0 Å². The van der Waals surface area contributed by atoms with E-state index in [1.807, 2.05) is 0 Å². The van der Waals surface area contributed by atoms with Gasteiger partial charge in [0.2, 0.25) is 0 Å². The minimum absolute atomic E-state index is 0.354. The Morgan fingerprint density at radius 2 is 1.69 bits per heavy atom. The number of hydrogen-bond acceptors (Lipinski definition) is 2. The number of aliphatic carboxylic acids is 1. The Hall–Kier alpha value is -0.570. The normalized spacial score (nSPS) is 23.5. The van der Waals surface area contributed by atoms with E-state index < -0.39 is 5.97 Å². The summed E-state index contributed by atoms with van der Waals surface area (Å²) in [4.78, 5) is 13.0. The molecule has 1 N–H and O–H groups in total. The summed E-state index contributed by atoms with van der Waals surface area (Å²) in [7, 11) is 0. The molecule has 3 heteroatoms. The van der Waals surface area contributed by atoms with Crippen molar-refractivity contribution in [1.29, 1.82) is 0 Å². The summed E-state index contributed by atoms with van der Waals surface area (Å²) in [6, 6.07) is 0. The van der Waals surface area contributed by atoms with E-state index in [9.17, 15) is 4.79 Å². The van der Waals surface area contributed by atoms with Crippen LogP contribution < -0.4 is 0 Å². The summed E-state index contributed by atoms with van der Waals surface area (Å²) in [5.41, 5.74) is 0. The van der Waals surface area contributed by atoms with Crippen LogP contribution in [-0.4, -0.2) is 35.6 Å². The number of piperidine rings is 1. The van der Waals surface area contributed by atoms with Crippen molar-refractivity contribution in [1.82, 2.24) is 4.90 Å². The Labute approximate surface area is 97.8 Å². The molecule has 0 bridgehead atoms. The van der Waals surface area contributed by atoms with Crippen LogP contribution in [0.25, 0.3) is 0 Å². The molecule has 0 spiro atoms. The Morgan fingerprint density at radius 3 is 2.25 bits per heavy atom. The lowest BCUT2D eigenvalue weighted by molar-refractivity contribution is -0.137. The Kier molecular flexibility index (Phi) is 4.22. The molecular weight excluding hydrogens is 202 g/mol. The highest BCUT2D eigenvalue weighted by molar-refractivity contribution is 5.66. The zero-order valence-corrected chi connectivity index (χ0v) is 10.0. The Bertz CT molecular complexity index is 230. The maximum Gasteiger partial charge on any atom is 0.303 e. The van der Waals surface area contributed by atoms with Gasteiger partial charge < -0.3 is 10.0 Å². The third-order valence-electron chi connectivity index (χ3n) is 4.02. The van der Waals surface area contributed by atoms with Crippen LogP contribution >= 0.6 is 0 Å². The van der Waals surface area contributed by atoms with Gasteiger partial charge >= 0.3 is 5.97 Å². The van der Waals surface area contributed by atoms with Crippen LogP contribution in [0.4, 0.5) is 0 Å². The van der Waals surface area contributed by atoms with Gasteiger partial charge in [-0.25, -0.2) is 0 Å². The van der Waals surface area contributed by atoms with Gasteiger partial charge in [0.1, 0.15) is 0 Å². The summed E-state index contributed by atoms with van der Waals surface area (Å²) in [5, 5.41) is 8.64. The molecule has 1 aliphatic heterocycles. The molecule has 1 saturated heterocycles. The molecule has 2 rings (SSSR count). The predicted octanol–water partition coefficient (Wildman–Crippen LogP) is 2.36. The van der Waals surface area contributed by atoms with Crippen molar-refractivity contribution in [3.05, 3.63) is 0 Å². The van der Waals surface area contributed by atoms with Crippen LogP contribution in [0.5, 0.6) is 0 Å². The standard InChI is InChI=1S/C13H23NO2/c15-13(16)4-3-12-6-9-14(10-7-12)8-5-11-1-2-11/h11-12H,1-10H2,(H,15,16). The Morgan fingerprint density at radius 1 is 1.06 bits per heavy atom. The number of carbonyl (C=O) groups is 1. The molecule has 0 radical (unpaired) electrons. The second-order valence-electron chi connectivity index (χ2n) is 5.45. The zero-order chi connectivity index (χ0) is 11.4. The lowest BCUT2D eigenvalue weighted by Gasteiger charge is -2.31. The van der Waals surface area contributed by atoms with Crippen LogP contribution in [-0.2, 0) is 4.79 Å². The van der Waals surface area contributed by atoms with Crippen molar-refractivity contribution in [2.45, 2.75) is 44.9 Å². The highest BCUT2D eigenvalue weighted by atomic mass is 16.4. The van der Waals surface area contributed by atoms with E-state index in [0.717, 1.165) is 12.3 Å². The van der Waals surface area contributed by atoms with E-state index in [1.165, 1.54) is 51.7 Å². The van der Waals surface area contributed by atoms with E-state index in [2.05, 4.69) is 4.90 Å². The predicted molar refractivity (Wildman–Crippen MR) is 63.4 cm³/mol. The van der Waals surface area contributed by atoms with E-state index in [4.69, 9.17) is 5.11 Å². The summed E-state index contributed by atoms with van der Waals surface area (Å²) in [6.07, 6.45) is 7.94. The third-order valence-corrected chi connectivity index (χ3v) is 4.02. The minimum atomic E-state index is -0.642. The molecule has 0 amide bonds. The summed E-state index contributed by atoms with van der Waals surface area (Å²) < 4.78 is 0. The number of carboxylic acid groups (broad SMARTS) is 1. The second-order valence-corrected chi connectivity index (χ2v) is 5.45. The van der Waals surface area contributed by atoms with Crippen LogP contribution in [0, 0.1) is 11.8 Å². The molecule has 1 aliphatic carbocycles. The molecule has 1 saturated carbocycles. The number of hydrogen-bond donors (Lipinski definition) is 1. The lowest BCUT2D eigenvalue weighted by atomic mass is 9.92. The fraction of sp³-hybridized carbons (Fsp3) is 0.923. The maximum atomic E-state index is 10.5. The lowest BCUT2D eigenvalue weighted by Crippen LogP contribution is -2.34. The van der Waals surface area contributed by atoms with Crippen molar-refractivity contribution in [2.24, 2.45) is 11.8 Å². The minimum Gasteiger partial charge on any atom is -0.481 e. The van der Waals surface area contributed by atoms with Crippen molar-refractivity contribution < 1.29 is 9.90 Å². The van der Waals surface area contributed by atoms with Crippen LogP contribution in [0.3, 0.4) is 0 Å². The van der Waals surface area contributed by atoms with Gasteiger partial charge in [0, 0.05) is 6.42 Å². The smallest absolute Gasteiger partial charge is 0.303 e. The van der Waals surface area contributed by atoms with E-state index in [0.29, 0.717) is 12.3 Å². The van der Waals surface area contributed by atoms with Crippen LogP contribution in [0.1, 0.15) is 44.9 Å². The van der Waals surface area contributed by atoms with Crippen LogP contribution in [0.2, 0.25) is 0 Å². The van der Waals surface area contributed by atoms with Gasteiger partial charge in [0.05, 0.1) is 0 Å². The van der Waals surface area contributed by atoms with Gasteiger partial charge in [-0.05, 0) is 57.2 Å². The molecule has 0 aromatic carbocycles. The first-order valence-electron chi connectivity index (χ1n) is 6.68. The first-order valence-corrected chi connectivity index (χ1v) is 6.68. The average molecular weight is 225 g/mol. The third kappa shape index (κ3) is 4.12. The molecule has 0 aromatic heterocycles. The molecule has 1 heterocycles. The quantitative estimate of drug-likeness (QED) is 0.754. The Balaban J connectivity index is 1.56. The molecule has 3 nitrogen and oxygen atoms in total. The number of likely N-dealkylation sites (tertiary alicyclic amines) is 1. The van der Waals surface area contributed by atoms with Crippen molar-refractivity contribution in [2.75, 3.05) is 19.6 Å². The molecule has 92 valence electrons. The van der Waals surface area contributed by atoms with Gasteiger partial charge in [0.25, 0.3) is 0 Å². The fourth-order valence-corrected chi connectivity index (χ4v) is 2.60. The van der Waals surface area contributed by atoms with Crippen molar-refractivity contribution in [3.63, 3.8) is 0 Å². The average Bonchev–Trinajstić information content (AvgIpc) is 3.09. The molecule has 16 heavy (non-hydrogen) atoms. The number of rotatable bonds is 6. The summed E-state index contributed by atoms with van der Waals surface area (Å²) in [6.45, 7) is 3.66. The molecular formula is C13H23NO2. The van der Waals surface area contributed by atoms with Crippen LogP contribution in [0.15, 0.2) is 0 Å².